The molecule has 0 bridgehead atoms. The molecule has 7 heteroatoms. The SMILES string of the molecule is CCC(=O)COCCCOCCCOc1ccc(NN)cc1F. The number of Topliss-reactive ketones (excluding diaryl/α,β-unsaturated/α-hetero) is 1. The molecule has 130 valence electrons. The molecule has 0 aliphatic heterocycles. The third kappa shape index (κ3) is 8.49. The van der Waals surface area contributed by atoms with Crippen LogP contribution in [-0.2, 0) is 14.3 Å². The molecule has 0 aliphatic carbocycles. The minimum atomic E-state index is -0.458. The Morgan fingerprint density at radius 2 is 1.87 bits per heavy atom. The van der Waals surface area contributed by atoms with Crippen LogP contribution in [0.3, 0.4) is 0 Å². The Morgan fingerprint density at radius 1 is 1.17 bits per heavy atom. The van der Waals surface area contributed by atoms with E-state index in [4.69, 9.17) is 20.1 Å². The van der Waals surface area contributed by atoms with Gasteiger partial charge in [-0.25, -0.2) is 4.39 Å². The van der Waals surface area contributed by atoms with E-state index < -0.39 is 5.82 Å². The highest BCUT2D eigenvalue weighted by Gasteiger charge is 2.04. The van der Waals surface area contributed by atoms with Crippen molar-refractivity contribution >= 4 is 11.5 Å². The number of hydrogen-bond acceptors (Lipinski definition) is 6. The van der Waals surface area contributed by atoms with Gasteiger partial charge in [0.1, 0.15) is 6.61 Å². The molecule has 6 nitrogen and oxygen atoms in total. The fourth-order valence-corrected chi connectivity index (χ4v) is 1.70. The Hall–Kier alpha value is -1.70. The molecular weight excluding hydrogens is 303 g/mol. The highest BCUT2D eigenvalue weighted by Crippen LogP contribution is 2.20. The first-order valence-corrected chi connectivity index (χ1v) is 7.73. The Morgan fingerprint density at radius 3 is 2.52 bits per heavy atom. The van der Waals surface area contributed by atoms with Gasteiger partial charge in [0.25, 0.3) is 0 Å². The number of carbonyl (C=O) groups is 1. The molecule has 23 heavy (non-hydrogen) atoms. The van der Waals surface area contributed by atoms with Gasteiger partial charge < -0.3 is 19.6 Å². The van der Waals surface area contributed by atoms with Crippen molar-refractivity contribution in [2.45, 2.75) is 26.2 Å². The van der Waals surface area contributed by atoms with Crippen molar-refractivity contribution in [1.29, 1.82) is 0 Å². The van der Waals surface area contributed by atoms with Crippen LogP contribution in [0.25, 0.3) is 0 Å². The van der Waals surface area contributed by atoms with E-state index in [1.54, 1.807) is 6.07 Å². The van der Waals surface area contributed by atoms with Gasteiger partial charge >= 0.3 is 0 Å². The number of carbonyl (C=O) groups excluding carboxylic acids is 1. The van der Waals surface area contributed by atoms with Crippen LogP contribution in [0.1, 0.15) is 26.2 Å². The Bertz CT molecular complexity index is 471. The van der Waals surface area contributed by atoms with Crippen molar-refractivity contribution in [3.05, 3.63) is 24.0 Å². The molecule has 1 aromatic rings. The van der Waals surface area contributed by atoms with Crippen molar-refractivity contribution in [1.82, 2.24) is 0 Å². The molecule has 0 amide bonds. The second kappa shape index (κ2) is 11.8. The summed E-state index contributed by atoms with van der Waals surface area (Å²) >= 11 is 0. The van der Waals surface area contributed by atoms with Crippen molar-refractivity contribution in [2.75, 3.05) is 38.5 Å². The topological polar surface area (TPSA) is 82.8 Å². The molecule has 0 atom stereocenters. The van der Waals surface area contributed by atoms with Crippen LogP contribution < -0.4 is 16.0 Å². The number of nitrogens with two attached hydrogens (primary N) is 1. The Balaban J connectivity index is 1.98. The number of hydrazine groups is 1. The number of hydrogen-bond donors (Lipinski definition) is 2. The highest BCUT2D eigenvalue weighted by atomic mass is 19.1. The summed E-state index contributed by atoms with van der Waals surface area (Å²) in [5.41, 5.74) is 2.85. The predicted molar refractivity (Wildman–Crippen MR) is 85.9 cm³/mol. The van der Waals surface area contributed by atoms with E-state index in [2.05, 4.69) is 5.43 Å². The van der Waals surface area contributed by atoms with Gasteiger partial charge in [-0.15, -0.1) is 0 Å². The number of nitrogen functional groups attached to an aromatic ring is 1. The lowest BCUT2D eigenvalue weighted by atomic mass is 10.3. The highest BCUT2D eigenvalue weighted by molar-refractivity contribution is 5.79. The van der Waals surface area contributed by atoms with Crippen molar-refractivity contribution in [2.24, 2.45) is 5.84 Å². The number of nitrogens with one attached hydrogen (secondary N) is 1. The van der Waals surface area contributed by atoms with Gasteiger partial charge in [0.15, 0.2) is 17.3 Å². The maximum absolute atomic E-state index is 13.6. The van der Waals surface area contributed by atoms with Crippen LogP contribution in [0.5, 0.6) is 5.75 Å². The summed E-state index contributed by atoms with van der Waals surface area (Å²) in [5, 5.41) is 0. The zero-order valence-corrected chi connectivity index (χ0v) is 13.5. The second-order valence-corrected chi connectivity index (χ2v) is 4.90. The monoisotopic (exact) mass is 328 g/mol. The molecule has 3 N–H and O–H groups in total. The maximum atomic E-state index is 13.6. The minimum absolute atomic E-state index is 0.102. The van der Waals surface area contributed by atoms with Crippen LogP contribution in [0.15, 0.2) is 18.2 Å². The molecule has 0 aromatic heterocycles. The van der Waals surface area contributed by atoms with Gasteiger partial charge in [0, 0.05) is 38.7 Å². The number of halogens is 1. The van der Waals surface area contributed by atoms with Gasteiger partial charge in [0.05, 0.1) is 12.3 Å². The second-order valence-electron chi connectivity index (χ2n) is 4.90. The number of ketones is 1. The Labute approximate surface area is 136 Å². The van der Waals surface area contributed by atoms with Gasteiger partial charge in [-0.2, -0.15) is 0 Å². The van der Waals surface area contributed by atoms with Crippen molar-refractivity contribution < 1.29 is 23.4 Å². The van der Waals surface area contributed by atoms with Gasteiger partial charge in [-0.05, 0) is 18.6 Å². The normalized spacial score (nSPS) is 10.6. The molecule has 0 heterocycles. The zero-order valence-electron chi connectivity index (χ0n) is 13.5. The summed E-state index contributed by atoms with van der Waals surface area (Å²) in [5.74, 6) is 5.03. The van der Waals surface area contributed by atoms with Crippen molar-refractivity contribution in [3.63, 3.8) is 0 Å². The van der Waals surface area contributed by atoms with Gasteiger partial charge in [-0.3, -0.25) is 10.6 Å². The maximum Gasteiger partial charge on any atom is 0.167 e. The number of ether oxygens (including phenoxy) is 3. The number of rotatable bonds is 13. The molecule has 1 aromatic carbocycles. The summed E-state index contributed by atoms with van der Waals surface area (Å²) < 4.78 is 29.5. The molecule has 1 rings (SSSR count). The lowest BCUT2D eigenvalue weighted by Gasteiger charge is -2.09. The van der Waals surface area contributed by atoms with Crippen LogP contribution >= 0.6 is 0 Å². The third-order valence-corrected chi connectivity index (χ3v) is 3.02. The van der Waals surface area contributed by atoms with Crippen LogP contribution in [-0.4, -0.2) is 38.8 Å². The molecule has 0 unspecified atom stereocenters. The van der Waals surface area contributed by atoms with Crippen LogP contribution in [0, 0.1) is 5.82 Å². The van der Waals surface area contributed by atoms with E-state index in [1.807, 2.05) is 6.92 Å². The first-order valence-electron chi connectivity index (χ1n) is 7.73. The zero-order chi connectivity index (χ0) is 16.9. The fourth-order valence-electron chi connectivity index (χ4n) is 1.70. The molecule has 0 spiro atoms. The Kier molecular flexibility index (Phi) is 9.94. The minimum Gasteiger partial charge on any atom is -0.490 e. The fraction of sp³-hybridized carbons (Fsp3) is 0.562. The first-order chi connectivity index (χ1) is 11.2. The lowest BCUT2D eigenvalue weighted by molar-refractivity contribution is -0.123. The van der Waals surface area contributed by atoms with Crippen LogP contribution in [0.4, 0.5) is 10.1 Å². The van der Waals surface area contributed by atoms with E-state index in [0.29, 0.717) is 45.0 Å². The van der Waals surface area contributed by atoms with E-state index in [9.17, 15) is 9.18 Å². The smallest absolute Gasteiger partial charge is 0.167 e. The molecule has 0 saturated heterocycles. The van der Waals surface area contributed by atoms with Gasteiger partial charge in [0.2, 0.25) is 0 Å². The van der Waals surface area contributed by atoms with E-state index >= 15 is 0 Å². The standard InChI is InChI=1S/C16H25FN2O4/c1-2-14(20)12-22-9-3-7-21-8-4-10-23-16-6-5-13(19-18)11-15(16)17/h5-6,11,19H,2-4,7-10,12,18H2,1H3. The molecule has 0 aliphatic rings. The largest absolute Gasteiger partial charge is 0.490 e. The molecule has 0 radical (unpaired) electrons. The van der Waals surface area contributed by atoms with Crippen molar-refractivity contribution in [3.8, 4) is 5.75 Å². The number of benzene rings is 1. The average molecular weight is 328 g/mol. The summed E-state index contributed by atoms with van der Waals surface area (Å²) in [4.78, 5) is 11.0. The molecule has 0 fully saturated rings. The molecular formula is C16H25FN2O4. The summed E-state index contributed by atoms with van der Waals surface area (Å²) in [6, 6.07) is 4.44. The van der Waals surface area contributed by atoms with E-state index in [-0.39, 0.29) is 18.1 Å². The van der Waals surface area contributed by atoms with Gasteiger partial charge in [-0.1, -0.05) is 6.92 Å². The van der Waals surface area contributed by atoms with Crippen LogP contribution in [0.2, 0.25) is 0 Å². The van der Waals surface area contributed by atoms with E-state index in [1.165, 1.54) is 12.1 Å². The quantitative estimate of drug-likeness (QED) is 0.328. The number of anilines is 1. The summed E-state index contributed by atoms with van der Waals surface area (Å²) in [7, 11) is 0. The average Bonchev–Trinajstić information content (AvgIpc) is 2.57. The summed E-state index contributed by atoms with van der Waals surface area (Å²) in [6.07, 6.45) is 1.90. The summed E-state index contributed by atoms with van der Waals surface area (Å²) in [6.45, 7) is 3.95. The predicted octanol–water partition coefficient (Wildman–Crippen LogP) is 2.28. The third-order valence-electron chi connectivity index (χ3n) is 3.02. The molecule has 0 saturated carbocycles. The van der Waals surface area contributed by atoms with E-state index in [0.717, 1.165) is 6.42 Å². The first kappa shape index (κ1) is 19.3. The lowest BCUT2D eigenvalue weighted by Crippen LogP contribution is -2.10.